The van der Waals surface area contributed by atoms with Crippen molar-refractivity contribution >= 4 is 40.7 Å². The molecule has 0 radical (unpaired) electrons. The molecule has 2 fully saturated rings. The molecule has 0 spiro atoms. The van der Waals surface area contributed by atoms with Gasteiger partial charge in [0.05, 0.1) is 0 Å². The maximum Gasteiger partial charge on any atom is 0.244 e. The summed E-state index contributed by atoms with van der Waals surface area (Å²) in [6.45, 7) is 2.07. The summed E-state index contributed by atoms with van der Waals surface area (Å²) in [4.78, 5) is 18.6. The summed E-state index contributed by atoms with van der Waals surface area (Å²) in [6.07, 6.45) is 5.87. The molecule has 1 aromatic rings. The van der Waals surface area contributed by atoms with Crippen LogP contribution in [0.25, 0.3) is 0 Å². The third-order valence-corrected chi connectivity index (χ3v) is 6.98. The Morgan fingerprint density at radius 3 is 2.46 bits per heavy atom. The Hall–Kier alpha value is -0.930. The average Bonchev–Trinajstić information content (AvgIpc) is 3.10. The van der Waals surface area contributed by atoms with E-state index in [4.69, 9.17) is 5.73 Å². The smallest absolute Gasteiger partial charge is 0.244 e. The number of rotatable bonds is 4. The van der Waals surface area contributed by atoms with Gasteiger partial charge < -0.3 is 10.6 Å². The van der Waals surface area contributed by atoms with E-state index in [0.29, 0.717) is 32.7 Å². The highest BCUT2D eigenvalue weighted by Crippen LogP contribution is 2.32. The number of carbonyl (C=O) groups is 1. The Balaban J connectivity index is 0.00000169. The molecule has 1 saturated heterocycles. The van der Waals surface area contributed by atoms with Gasteiger partial charge in [0.1, 0.15) is 4.90 Å². The first-order valence-electron chi connectivity index (χ1n) is 8.43. The Morgan fingerprint density at radius 1 is 1.19 bits per heavy atom. The summed E-state index contributed by atoms with van der Waals surface area (Å²) in [5.74, 6) is 0.424. The zero-order chi connectivity index (χ0) is 17.2. The van der Waals surface area contributed by atoms with Gasteiger partial charge in [-0.05, 0) is 37.4 Å². The maximum atomic E-state index is 12.7. The first-order valence-corrected chi connectivity index (χ1v) is 9.87. The molecule has 1 aliphatic carbocycles. The van der Waals surface area contributed by atoms with Crippen LogP contribution in [0.1, 0.15) is 19.3 Å². The van der Waals surface area contributed by atoms with E-state index in [-0.39, 0.29) is 47.5 Å². The van der Waals surface area contributed by atoms with Gasteiger partial charge in [-0.3, -0.25) is 9.78 Å². The van der Waals surface area contributed by atoms with E-state index >= 15 is 0 Å². The van der Waals surface area contributed by atoms with Crippen molar-refractivity contribution in [1.29, 1.82) is 0 Å². The average molecular weight is 425 g/mol. The summed E-state index contributed by atoms with van der Waals surface area (Å²) in [5, 5.41) is 0. The lowest BCUT2D eigenvalue weighted by atomic mass is 9.94. The van der Waals surface area contributed by atoms with Crippen molar-refractivity contribution in [3.8, 4) is 0 Å². The zero-order valence-corrected chi connectivity index (χ0v) is 16.9. The summed E-state index contributed by atoms with van der Waals surface area (Å²) in [6, 6.07) is 3.16. The molecule has 0 bridgehead atoms. The number of amides is 1. The highest BCUT2D eigenvalue weighted by Gasteiger charge is 2.37. The van der Waals surface area contributed by atoms with Crippen molar-refractivity contribution in [3.05, 3.63) is 24.5 Å². The van der Waals surface area contributed by atoms with Crippen LogP contribution in [0.5, 0.6) is 0 Å². The monoisotopic (exact) mass is 424 g/mol. The van der Waals surface area contributed by atoms with Gasteiger partial charge in [-0.25, -0.2) is 8.42 Å². The molecule has 1 aromatic heterocycles. The molecule has 26 heavy (non-hydrogen) atoms. The number of halogens is 2. The van der Waals surface area contributed by atoms with Gasteiger partial charge in [0.2, 0.25) is 15.9 Å². The molecule has 10 heteroatoms. The Kier molecular flexibility index (Phi) is 8.75. The Labute approximate surface area is 167 Å². The van der Waals surface area contributed by atoms with Crippen molar-refractivity contribution in [2.45, 2.75) is 24.2 Å². The van der Waals surface area contributed by atoms with Crippen LogP contribution < -0.4 is 5.73 Å². The third kappa shape index (κ3) is 4.67. The van der Waals surface area contributed by atoms with Crippen LogP contribution in [0.15, 0.2) is 29.4 Å². The minimum atomic E-state index is -3.53. The second kappa shape index (κ2) is 9.85. The Bertz CT molecular complexity index is 682. The molecule has 2 N–H and O–H groups in total. The lowest BCUT2D eigenvalue weighted by molar-refractivity contribution is -0.137. The van der Waals surface area contributed by atoms with E-state index in [9.17, 15) is 13.2 Å². The van der Waals surface area contributed by atoms with Gasteiger partial charge in [0, 0.05) is 44.5 Å². The van der Waals surface area contributed by atoms with Crippen molar-refractivity contribution < 1.29 is 13.2 Å². The number of hydrogen-bond donors (Lipinski definition) is 1. The number of sulfonamides is 1. The van der Waals surface area contributed by atoms with E-state index < -0.39 is 10.0 Å². The molecule has 1 saturated carbocycles. The van der Waals surface area contributed by atoms with Crippen LogP contribution in [0, 0.1) is 11.8 Å². The van der Waals surface area contributed by atoms with E-state index in [1.807, 2.05) is 0 Å². The number of aromatic nitrogens is 1. The molecule has 2 aliphatic rings. The molecule has 2 heterocycles. The first-order chi connectivity index (χ1) is 11.5. The van der Waals surface area contributed by atoms with Crippen LogP contribution in [0.4, 0.5) is 0 Å². The normalized spacial score (nSPS) is 23.8. The fraction of sp³-hybridized carbons (Fsp3) is 0.625. The highest BCUT2D eigenvalue weighted by atomic mass is 35.5. The second-order valence-electron chi connectivity index (χ2n) is 6.45. The number of hydrogen-bond acceptors (Lipinski definition) is 5. The summed E-state index contributed by atoms with van der Waals surface area (Å²) >= 11 is 0. The van der Waals surface area contributed by atoms with Gasteiger partial charge in [-0.1, -0.05) is 6.42 Å². The van der Waals surface area contributed by atoms with Crippen molar-refractivity contribution in [1.82, 2.24) is 14.2 Å². The van der Waals surface area contributed by atoms with Gasteiger partial charge >= 0.3 is 0 Å². The van der Waals surface area contributed by atoms with Crippen molar-refractivity contribution in [2.24, 2.45) is 17.6 Å². The summed E-state index contributed by atoms with van der Waals surface area (Å²) < 4.78 is 26.6. The third-order valence-electron chi connectivity index (χ3n) is 5.10. The zero-order valence-electron chi connectivity index (χ0n) is 14.5. The van der Waals surface area contributed by atoms with E-state index in [0.717, 1.165) is 19.3 Å². The van der Waals surface area contributed by atoms with Crippen LogP contribution >= 0.6 is 24.8 Å². The van der Waals surface area contributed by atoms with Crippen LogP contribution in [0.2, 0.25) is 0 Å². The molecule has 0 unspecified atom stereocenters. The number of carbonyl (C=O) groups excluding carboxylic acids is 1. The van der Waals surface area contributed by atoms with Gasteiger partial charge in [0.15, 0.2) is 0 Å². The van der Waals surface area contributed by atoms with E-state index in [1.54, 1.807) is 23.2 Å². The quantitative estimate of drug-likeness (QED) is 0.780. The minimum absolute atomic E-state index is 0. The summed E-state index contributed by atoms with van der Waals surface area (Å²) in [7, 11) is -3.53. The topological polar surface area (TPSA) is 96.6 Å². The first kappa shape index (κ1) is 23.1. The number of pyridine rings is 1. The maximum absolute atomic E-state index is 12.7. The number of nitrogens with zero attached hydrogens (tertiary/aromatic N) is 3. The fourth-order valence-electron chi connectivity index (χ4n) is 3.68. The predicted octanol–water partition coefficient (Wildman–Crippen LogP) is 1.13. The van der Waals surface area contributed by atoms with E-state index in [2.05, 4.69) is 4.98 Å². The largest absolute Gasteiger partial charge is 0.340 e. The molecule has 1 aliphatic heterocycles. The van der Waals surface area contributed by atoms with Crippen molar-refractivity contribution in [2.75, 3.05) is 32.7 Å². The molecule has 0 aromatic carbocycles. The molecule has 3 rings (SSSR count). The van der Waals surface area contributed by atoms with E-state index in [1.165, 1.54) is 10.5 Å². The molecular weight excluding hydrogens is 399 g/mol. The van der Waals surface area contributed by atoms with Gasteiger partial charge in [-0.2, -0.15) is 4.31 Å². The lowest BCUT2D eigenvalue weighted by Gasteiger charge is -2.36. The van der Waals surface area contributed by atoms with Crippen LogP contribution in [0.3, 0.4) is 0 Å². The molecule has 1 amide bonds. The lowest BCUT2D eigenvalue weighted by Crippen LogP contribution is -2.52. The predicted molar refractivity (Wildman–Crippen MR) is 104 cm³/mol. The fourth-order valence-corrected chi connectivity index (χ4v) is 5.06. The summed E-state index contributed by atoms with van der Waals surface area (Å²) in [5.41, 5.74) is 5.77. The standard InChI is InChI=1S/C16H24N4O3S.2ClH/c17-11-13-3-1-5-15(13)16(21)19-7-9-20(10-8-19)24(22,23)14-4-2-6-18-12-14;;/h2,4,6,12-13,15H,1,3,5,7-11,17H2;2*1H/t13-,15-;;/m1../s1. The van der Waals surface area contributed by atoms with Gasteiger partial charge in [0.25, 0.3) is 0 Å². The SMILES string of the molecule is Cl.Cl.NC[C@H]1CCC[C@H]1C(=O)N1CCN(S(=O)(=O)c2cccnc2)CC1. The van der Waals surface area contributed by atoms with Crippen molar-refractivity contribution in [3.63, 3.8) is 0 Å². The molecule has 7 nitrogen and oxygen atoms in total. The minimum Gasteiger partial charge on any atom is -0.340 e. The molecule has 2 atom stereocenters. The highest BCUT2D eigenvalue weighted by molar-refractivity contribution is 7.89. The van der Waals surface area contributed by atoms with Gasteiger partial charge in [-0.15, -0.1) is 24.8 Å². The van der Waals surface area contributed by atoms with Crippen LogP contribution in [-0.4, -0.2) is 61.2 Å². The second-order valence-corrected chi connectivity index (χ2v) is 8.39. The Morgan fingerprint density at radius 2 is 1.88 bits per heavy atom. The number of piperazine rings is 1. The molecular formula is C16H26Cl2N4O3S. The van der Waals surface area contributed by atoms with Crippen LogP contribution in [-0.2, 0) is 14.8 Å². The molecule has 148 valence electrons. The number of nitrogens with two attached hydrogens (primary N) is 1.